The minimum atomic E-state index is -1.72. The number of ketones is 1. The van der Waals surface area contributed by atoms with E-state index in [1.54, 1.807) is 12.1 Å². The normalized spacial score (nSPS) is 22.7. The third kappa shape index (κ3) is 3.46. The van der Waals surface area contributed by atoms with Gasteiger partial charge in [-0.15, -0.1) is 0 Å². The summed E-state index contributed by atoms with van der Waals surface area (Å²) in [4.78, 5) is 12.9. The minimum Gasteiger partial charge on any atom is -0.508 e. The van der Waals surface area contributed by atoms with Crippen LogP contribution in [0, 0.1) is 0 Å². The number of hydrogen-bond acceptors (Lipinski definition) is 10. The maximum atomic E-state index is 12.9. The number of Topliss-reactive ketones (excluding diaryl/α,β-unsaturated/α-hetero) is 1. The largest absolute Gasteiger partial charge is 0.508 e. The maximum absolute atomic E-state index is 12.9. The molecule has 0 amide bonds. The van der Waals surface area contributed by atoms with Crippen LogP contribution < -0.4 is 14.2 Å². The van der Waals surface area contributed by atoms with Gasteiger partial charge in [-0.25, -0.2) is 0 Å². The third-order valence-corrected chi connectivity index (χ3v) is 6.35. The van der Waals surface area contributed by atoms with Gasteiger partial charge in [0, 0.05) is 23.3 Å². The van der Waals surface area contributed by atoms with Gasteiger partial charge < -0.3 is 44.8 Å². The van der Waals surface area contributed by atoms with Crippen LogP contribution >= 0.6 is 0 Å². The van der Waals surface area contributed by atoms with Crippen LogP contribution in [0.1, 0.15) is 45.2 Å². The number of aliphatic hydroxyl groups excluding tert-OH is 2. The Morgan fingerprint density at radius 1 is 0.914 bits per heavy atom. The summed E-state index contributed by atoms with van der Waals surface area (Å²) in [5.74, 6) is -2.61. The summed E-state index contributed by atoms with van der Waals surface area (Å²) < 4.78 is 17.0. The van der Waals surface area contributed by atoms with E-state index in [2.05, 4.69) is 0 Å². The number of hydrogen-bond donors (Lipinski definition) is 6. The molecule has 2 aliphatic heterocycles. The number of rotatable bonds is 4. The second-order valence-electron chi connectivity index (χ2n) is 8.36. The molecule has 0 saturated heterocycles. The fourth-order valence-corrected chi connectivity index (χ4v) is 4.72. The lowest BCUT2D eigenvalue weighted by molar-refractivity contribution is 0.0206. The van der Waals surface area contributed by atoms with Crippen molar-refractivity contribution < 1.29 is 49.6 Å². The van der Waals surface area contributed by atoms with Crippen molar-refractivity contribution in [3.63, 3.8) is 0 Å². The number of carbonyl (C=O) groups is 1. The maximum Gasteiger partial charge on any atom is 0.202 e. The molecule has 3 aromatic rings. The van der Waals surface area contributed by atoms with Gasteiger partial charge in [0.05, 0.1) is 19.6 Å². The summed E-state index contributed by atoms with van der Waals surface area (Å²) >= 11 is 0. The molecule has 2 heterocycles. The molecule has 0 saturated carbocycles. The summed E-state index contributed by atoms with van der Waals surface area (Å²) in [6.07, 6.45) is -3.80. The monoisotopic (exact) mass is 482 g/mol. The van der Waals surface area contributed by atoms with Crippen LogP contribution in [-0.4, -0.2) is 56.2 Å². The number of aliphatic hydroxyl groups is 2. The van der Waals surface area contributed by atoms with Crippen LogP contribution in [0.2, 0.25) is 0 Å². The molecule has 4 atom stereocenters. The lowest BCUT2D eigenvalue weighted by Gasteiger charge is -2.31. The average Bonchev–Trinajstić information content (AvgIpc) is 3.22. The van der Waals surface area contributed by atoms with Crippen molar-refractivity contribution in [1.29, 1.82) is 0 Å². The summed E-state index contributed by atoms with van der Waals surface area (Å²) in [5, 5.41) is 61.5. The minimum absolute atomic E-state index is 0.0476. The van der Waals surface area contributed by atoms with Gasteiger partial charge in [0.1, 0.15) is 28.9 Å². The smallest absolute Gasteiger partial charge is 0.202 e. The van der Waals surface area contributed by atoms with Gasteiger partial charge in [0.15, 0.2) is 35.2 Å². The standard InChI is InChI=1S/C25H22O10/c1-33-17-6-10(2-4-14(17)28)23-13(9-26)19-12(3-5-15(29)25(19)35-23)24-22(32)21(31)20-16(30)7-11(27)8-18(20)34-24/h2-8,13,22-24,26-30,32H,9H2,1H3/t13-,22+,23+,24+/m0/s1. The van der Waals surface area contributed by atoms with Crippen LogP contribution in [0.15, 0.2) is 42.5 Å². The van der Waals surface area contributed by atoms with E-state index >= 15 is 0 Å². The molecule has 5 rings (SSSR count). The average molecular weight is 482 g/mol. The first-order valence-corrected chi connectivity index (χ1v) is 10.7. The lowest BCUT2D eigenvalue weighted by Crippen LogP contribution is -2.37. The van der Waals surface area contributed by atoms with Gasteiger partial charge in [-0.05, 0) is 23.8 Å². The molecular weight excluding hydrogens is 460 g/mol. The number of methoxy groups -OCH3 is 1. The zero-order valence-electron chi connectivity index (χ0n) is 18.4. The first-order chi connectivity index (χ1) is 16.7. The Morgan fingerprint density at radius 3 is 2.37 bits per heavy atom. The molecule has 2 aliphatic rings. The highest BCUT2D eigenvalue weighted by Gasteiger charge is 2.45. The van der Waals surface area contributed by atoms with Crippen LogP contribution in [-0.2, 0) is 0 Å². The van der Waals surface area contributed by atoms with E-state index in [1.165, 1.54) is 25.3 Å². The van der Waals surface area contributed by atoms with E-state index < -0.39 is 42.4 Å². The quantitative estimate of drug-likeness (QED) is 0.325. The molecule has 0 radical (unpaired) electrons. The predicted molar refractivity (Wildman–Crippen MR) is 119 cm³/mol. The summed E-state index contributed by atoms with van der Waals surface area (Å²) in [7, 11) is 1.39. The number of ether oxygens (including phenoxy) is 3. The highest BCUT2D eigenvalue weighted by Crippen LogP contribution is 2.54. The van der Waals surface area contributed by atoms with Crippen molar-refractivity contribution >= 4 is 5.78 Å². The number of aromatic hydroxyl groups is 4. The van der Waals surface area contributed by atoms with Gasteiger partial charge >= 0.3 is 0 Å². The fraction of sp³-hybridized carbons (Fsp3) is 0.240. The van der Waals surface area contributed by atoms with Gasteiger partial charge in [0.25, 0.3) is 0 Å². The van der Waals surface area contributed by atoms with Crippen molar-refractivity contribution in [1.82, 2.24) is 0 Å². The fourth-order valence-electron chi connectivity index (χ4n) is 4.72. The zero-order valence-corrected chi connectivity index (χ0v) is 18.4. The molecule has 0 aliphatic carbocycles. The molecular formula is C25H22O10. The van der Waals surface area contributed by atoms with Crippen LogP contribution in [0.4, 0.5) is 0 Å². The van der Waals surface area contributed by atoms with Gasteiger partial charge in [-0.2, -0.15) is 0 Å². The first-order valence-electron chi connectivity index (χ1n) is 10.7. The second-order valence-corrected chi connectivity index (χ2v) is 8.36. The predicted octanol–water partition coefficient (Wildman–Crippen LogP) is 2.40. The van der Waals surface area contributed by atoms with E-state index in [1.807, 2.05) is 0 Å². The van der Waals surface area contributed by atoms with Crippen molar-refractivity contribution in [2.45, 2.75) is 24.2 Å². The molecule has 10 nitrogen and oxygen atoms in total. The lowest BCUT2D eigenvalue weighted by atomic mass is 9.84. The van der Waals surface area contributed by atoms with Crippen molar-refractivity contribution in [2.75, 3.05) is 13.7 Å². The summed E-state index contributed by atoms with van der Waals surface area (Å²) in [6, 6.07) is 9.44. The molecule has 0 bridgehead atoms. The van der Waals surface area contributed by atoms with Crippen molar-refractivity contribution in [3.05, 3.63) is 64.7 Å². The van der Waals surface area contributed by atoms with Crippen LogP contribution in [0.3, 0.4) is 0 Å². The number of benzene rings is 3. The highest BCUT2D eigenvalue weighted by atomic mass is 16.5. The number of fused-ring (bicyclic) bond motifs is 2. The summed E-state index contributed by atoms with van der Waals surface area (Å²) in [5.41, 5.74) is 0.890. The third-order valence-electron chi connectivity index (χ3n) is 6.35. The molecule has 3 aromatic carbocycles. The molecule has 6 N–H and O–H groups in total. The van der Waals surface area contributed by atoms with Crippen LogP contribution in [0.5, 0.6) is 40.2 Å². The van der Waals surface area contributed by atoms with Crippen molar-refractivity contribution in [3.8, 4) is 40.2 Å². The number of carbonyl (C=O) groups excluding carboxylic acids is 1. The van der Waals surface area contributed by atoms with E-state index in [-0.39, 0.29) is 45.6 Å². The Kier molecular flexibility index (Phi) is 5.34. The molecule has 0 unspecified atom stereocenters. The topological polar surface area (TPSA) is 166 Å². The van der Waals surface area contributed by atoms with Crippen molar-refractivity contribution in [2.24, 2.45) is 0 Å². The molecule has 182 valence electrons. The Balaban J connectivity index is 1.61. The molecule has 0 fully saturated rings. The number of phenols is 4. The Bertz CT molecular complexity index is 1330. The summed E-state index contributed by atoms with van der Waals surface area (Å²) in [6.45, 7) is -0.424. The van der Waals surface area contributed by atoms with E-state index in [0.29, 0.717) is 11.1 Å². The van der Waals surface area contributed by atoms with Gasteiger partial charge in [-0.1, -0.05) is 12.1 Å². The molecule has 0 spiro atoms. The van der Waals surface area contributed by atoms with Crippen LogP contribution in [0.25, 0.3) is 0 Å². The SMILES string of the molecule is COc1cc([C@H]2Oc3c(O)ccc([C@H]4Oc5cc(O)cc(O)c5C(=O)[C@H]4O)c3[C@@H]2CO)ccc1O. The van der Waals surface area contributed by atoms with Gasteiger partial charge in [0.2, 0.25) is 5.78 Å². The number of phenolic OH excluding ortho intramolecular Hbond substituents is 4. The highest BCUT2D eigenvalue weighted by molar-refractivity contribution is 6.05. The van der Waals surface area contributed by atoms with Gasteiger partial charge in [-0.3, -0.25) is 4.79 Å². The van der Waals surface area contributed by atoms with E-state index in [4.69, 9.17) is 14.2 Å². The first kappa shape index (κ1) is 22.6. The zero-order chi connectivity index (χ0) is 25.0. The second kappa shape index (κ2) is 8.26. The van der Waals surface area contributed by atoms with E-state index in [0.717, 1.165) is 12.1 Å². The molecule has 10 heteroatoms. The molecule has 0 aromatic heterocycles. The Labute approximate surface area is 198 Å². The van der Waals surface area contributed by atoms with E-state index in [9.17, 15) is 35.4 Å². The Hall–Kier alpha value is -4.15. The Morgan fingerprint density at radius 2 is 1.66 bits per heavy atom. The molecule has 35 heavy (non-hydrogen) atoms.